The molecule has 2 aliphatic heterocycles. The third-order valence-corrected chi connectivity index (χ3v) is 4.55. The van der Waals surface area contributed by atoms with Crippen LogP contribution in [0, 0.1) is 5.92 Å². The van der Waals surface area contributed by atoms with Crippen LogP contribution >= 0.6 is 12.4 Å². The van der Waals surface area contributed by atoms with Crippen molar-refractivity contribution in [3.63, 3.8) is 0 Å². The number of nitrogens with one attached hydrogen (secondary N) is 1. The van der Waals surface area contributed by atoms with Crippen LogP contribution in [0.1, 0.15) is 39.5 Å². The van der Waals surface area contributed by atoms with Crippen molar-refractivity contribution in [3.8, 4) is 0 Å². The zero-order valence-electron chi connectivity index (χ0n) is 13.1. The Bertz CT molecular complexity index is 357. The normalized spacial score (nSPS) is 23.0. The van der Waals surface area contributed by atoms with Crippen molar-refractivity contribution in [1.29, 1.82) is 0 Å². The van der Waals surface area contributed by atoms with Crippen LogP contribution in [0.5, 0.6) is 0 Å². The van der Waals surface area contributed by atoms with Crippen LogP contribution in [-0.4, -0.2) is 60.4 Å². The maximum Gasteiger partial charge on any atom is 0.245 e. The molecule has 0 aromatic rings. The van der Waals surface area contributed by atoms with Crippen molar-refractivity contribution in [3.05, 3.63) is 0 Å². The lowest BCUT2D eigenvalue weighted by Crippen LogP contribution is -2.50. The molecular weight excluding hydrogens is 290 g/mol. The molecule has 2 aliphatic rings. The van der Waals surface area contributed by atoms with Crippen molar-refractivity contribution in [2.45, 2.75) is 45.6 Å². The molecule has 0 saturated carbocycles. The summed E-state index contributed by atoms with van der Waals surface area (Å²) in [6, 6.07) is -0.196. The Labute approximate surface area is 133 Å². The van der Waals surface area contributed by atoms with E-state index in [4.69, 9.17) is 0 Å². The summed E-state index contributed by atoms with van der Waals surface area (Å²) < 4.78 is 0. The van der Waals surface area contributed by atoms with Gasteiger partial charge in [-0.3, -0.25) is 9.59 Å². The summed E-state index contributed by atoms with van der Waals surface area (Å²) in [5, 5.41) is 3.38. The molecule has 2 rings (SSSR count). The second-order valence-corrected chi connectivity index (χ2v) is 5.95. The van der Waals surface area contributed by atoms with Crippen molar-refractivity contribution in [1.82, 2.24) is 15.1 Å². The van der Waals surface area contributed by atoms with Crippen LogP contribution in [0.15, 0.2) is 0 Å². The first-order valence-electron chi connectivity index (χ1n) is 7.90. The predicted octanol–water partition coefficient (Wildman–Crippen LogP) is 1.27. The third kappa shape index (κ3) is 4.58. The molecule has 0 spiro atoms. The Kier molecular flexibility index (Phi) is 7.46. The number of carbonyl (C=O) groups is 2. The van der Waals surface area contributed by atoms with Gasteiger partial charge in [0, 0.05) is 26.6 Å². The minimum absolute atomic E-state index is 0. The molecule has 0 aromatic heterocycles. The number of amides is 2. The second-order valence-electron chi connectivity index (χ2n) is 5.95. The fourth-order valence-electron chi connectivity index (χ4n) is 3.32. The molecule has 122 valence electrons. The van der Waals surface area contributed by atoms with E-state index >= 15 is 0 Å². The fraction of sp³-hybridized carbons (Fsp3) is 0.867. The summed E-state index contributed by atoms with van der Waals surface area (Å²) in [6.07, 6.45) is 3.93. The number of rotatable bonds is 4. The number of piperidine rings is 1. The quantitative estimate of drug-likeness (QED) is 0.849. The Hall–Kier alpha value is -0.810. The second kappa shape index (κ2) is 8.59. The van der Waals surface area contributed by atoms with Gasteiger partial charge in [-0.1, -0.05) is 6.92 Å². The van der Waals surface area contributed by atoms with Gasteiger partial charge in [-0.25, -0.2) is 0 Å². The average molecular weight is 318 g/mol. The predicted molar refractivity (Wildman–Crippen MR) is 85.5 cm³/mol. The summed E-state index contributed by atoms with van der Waals surface area (Å²) in [4.78, 5) is 27.8. The minimum atomic E-state index is -0.196. The average Bonchev–Trinajstić information content (AvgIpc) is 2.94. The van der Waals surface area contributed by atoms with Gasteiger partial charge in [0.1, 0.15) is 6.04 Å². The van der Waals surface area contributed by atoms with Gasteiger partial charge >= 0.3 is 0 Å². The monoisotopic (exact) mass is 317 g/mol. The molecule has 6 heteroatoms. The van der Waals surface area contributed by atoms with Gasteiger partial charge in [0.05, 0.1) is 0 Å². The zero-order valence-corrected chi connectivity index (χ0v) is 14.0. The van der Waals surface area contributed by atoms with E-state index in [1.165, 1.54) is 0 Å². The summed E-state index contributed by atoms with van der Waals surface area (Å²) >= 11 is 0. The van der Waals surface area contributed by atoms with Crippen LogP contribution in [-0.2, 0) is 9.59 Å². The van der Waals surface area contributed by atoms with Crippen LogP contribution in [0.2, 0.25) is 0 Å². The van der Waals surface area contributed by atoms with Gasteiger partial charge in [-0.2, -0.15) is 0 Å². The molecule has 5 nitrogen and oxygen atoms in total. The highest BCUT2D eigenvalue weighted by atomic mass is 35.5. The summed E-state index contributed by atoms with van der Waals surface area (Å²) in [5.74, 6) is 0.883. The topological polar surface area (TPSA) is 52.7 Å². The molecule has 2 heterocycles. The number of likely N-dealkylation sites (tertiary alicyclic amines) is 2. The molecule has 0 bridgehead atoms. The van der Waals surface area contributed by atoms with Crippen LogP contribution in [0.25, 0.3) is 0 Å². The van der Waals surface area contributed by atoms with Crippen molar-refractivity contribution in [2.75, 3.05) is 32.7 Å². The lowest BCUT2D eigenvalue weighted by molar-refractivity contribution is -0.143. The van der Waals surface area contributed by atoms with Gasteiger partial charge < -0.3 is 15.1 Å². The minimum Gasteiger partial charge on any atom is -0.341 e. The number of carbonyl (C=O) groups excluding carboxylic acids is 2. The van der Waals surface area contributed by atoms with E-state index in [0.717, 1.165) is 58.4 Å². The van der Waals surface area contributed by atoms with E-state index < -0.39 is 0 Å². The summed E-state index contributed by atoms with van der Waals surface area (Å²) in [6.45, 7) is 8.18. The zero-order chi connectivity index (χ0) is 14.5. The van der Waals surface area contributed by atoms with Crippen molar-refractivity contribution >= 4 is 24.2 Å². The van der Waals surface area contributed by atoms with Gasteiger partial charge in [0.25, 0.3) is 0 Å². The standard InChI is InChI=1S/C15H27N3O2.ClH/c1-3-16-11-13-6-9-17(10-7-13)15(20)14-5-4-8-18(14)12(2)19;/h13-14,16H,3-11H2,1-2H3;1H. The lowest BCUT2D eigenvalue weighted by atomic mass is 9.96. The van der Waals surface area contributed by atoms with E-state index in [-0.39, 0.29) is 30.3 Å². The number of hydrogen-bond acceptors (Lipinski definition) is 3. The molecule has 2 saturated heterocycles. The van der Waals surface area contributed by atoms with E-state index in [2.05, 4.69) is 12.2 Å². The first-order chi connectivity index (χ1) is 9.63. The molecule has 0 aliphatic carbocycles. The van der Waals surface area contributed by atoms with E-state index in [1.54, 1.807) is 11.8 Å². The smallest absolute Gasteiger partial charge is 0.245 e. The maximum absolute atomic E-state index is 12.6. The highest BCUT2D eigenvalue weighted by Crippen LogP contribution is 2.23. The Balaban J connectivity index is 0.00000220. The third-order valence-electron chi connectivity index (χ3n) is 4.55. The van der Waals surface area contributed by atoms with E-state index in [0.29, 0.717) is 5.92 Å². The molecule has 2 amide bonds. The first kappa shape index (κ1) is 18.2. The molecule has 1 unspecified atom stereocenters. The van der Waals surface area contributed by atoms with Crippen LogP contribution < -0.4 is 5.32 Å². The lowest BCUT2D eigenvalue weighted by Gasteiger charge is -2.35. The van der Waals surface area contributed by atoms with Gasteiger partial charge in [-0.15, -0.1) is 12.4 Å². The van der Waals surface area contributed by atoms with Crippen LogP contribution in [0.3, 0.4) is 0 Å². The van der Waals surface area contributed by atoms with E-state index in [1.807, 2.05) is 4.90 Å². The summed E-state index contributed by atoms with van der Waals surface area (Å²) in [5.41, 5.74) is 0. The van der Waals surface area contributed by atoms with Crippen LogP contribution in [0.4, 0.5) is 0 Å². The van der Waals surface area contributed by atoms with Crippen molar-refractivity contribution in [2.24, 2.45) is 5.92 Å². The molecule has 21 heavy (non-hydrogen) atoms. The van der Waals surface area contributed by atoms with Gasteiger partial charge in [-0.05, 0) is 44.7 Å². The molecule has 2 fully saturated rings. The molecular formula is C15H28ClN3O2. The molecule has 0 radical (unpaired) electrons. The molecule has 1 atom stereocenters. The first-order valence-corrected chi connectivity index (χ1v) is 7.90. The van der Waals surface area contributed by atoms with Gasteiger partial charge in [0.2, 0.25) is 11.8 Å². The molecule has 1 N–H and O–H groups in total. The Morgan fingerprint density at radius 1 is 1.14 bits per heavy atom. The largest absolute Gasteiger partial charge is 0.341 e. The highest BCUT2D eigenvalue weighted by molar-refractivity contribution is 5.87. The maximum atomic E-state index is 12.6. The molecule has 0 aromatic carbocycles. The number of nitrogens with zero attached hydrogens (tertiary/aromatic N) is 2. The Morgan fingerprint density at radius 2 is 1.81 bits per heavy atom. The number of halogens is 1. The van der Waals surface area contributed by atoms with E-state index in [9.17, 15) is 9.59 Å². The Morgan fingerprint density at radius 3 is 2.38 bits per heavy atom. The summed E-state index contributed by atoms with van der Waals surface area (Å²) in [7, 11) is 0. The number of hydrogen-bond donors (Lipinski definition) is 1. The fourth-order valence-corrected chi connectivity index (χ4v) is 3.32. The SMILES string of the molecule is CCNCC1CCN(C(=O)C2CCCN2C(C)=O)CC1.Cl. The van der Waals surface area contributed by atoms with Gasteiger partial charge in [0.15, 0.2) is 0 Å². The highest BCUT2D eigenvalue weighted by Gasteiger charge is 2.36. The van der Waals surface area contributed by atoms with Crippen molar-refractivity contribution < 1.29 is 9.59 Å².